The standard InChI is InChI=1S/C16H23ClN2O3/c1-4-22-15-13(17)9-11(10-14(15)21-3)16(20)18-12-5-7-19(2)8-6-12/h9-10,12H,4-8H2,1-3H3,(H,18,20). The zero-order valence-electron chi connectivity index (χ0n) is 13.3. The van der Waals surface area contributed by atoms with Gasteiger partial charge in [0.2, 0.25) is 0 Å². The van der Waals surface area contributed by atoms with E-state index in [1.807, 2.05) is 6.92 Å². The second-order valence-corrected chi connectivity index (χ2v) is 5.88. The number of hydrogen-bond acceptors (Lipinski definition) is 4. The van der Waals surface area contributed by atoms with Crippen molar-refractivity contribution in [2.24, 2.45) is 0 Å². The molecule has 1 amide bonds. The van der Waals surface area contributed by atoms with Crippen LogP contribution in [0.4, 0.5) is 0 Å². The van der Waals surface area contributed by atoms with Gasteiger partial charge in [0.25, 0.3) is 5.91 Å². The topological polar surface area (TPSA) is 50.8 Å². The van der Waals surface area contributed by atoms with Crippen molar-refractivity contribution in [3.8, 4) is 11.5 Å². The molecule has 1 aliphatic rings. The molecule has 0 spiro atoms. The molecule has 2 rings (SSSR count). The van der Waals surface area contributed by atoms with Gasteiger partial charge in [-0.05, 0) is 52.0 Å². The summed E-state index contributed by atoms with van der Waals surface area (Å²) in [4.78, 5) is 14.7. The smallest absolute Gasteiger partial charge is 0.251 e. The molecule has 0 radical (unpaired) electrons. The Balaban J connectivity index is 2.11. The Labute approximate surface area is 136 Å². The van der Waals surface area contributed by atoms with E-state index in [2.05, 4.69) is 17.3 Å². The van der Waals surface area contributed by atoms with Crippen molar-refractivity contribution < 1.29 is 14.3 Å². The van der Waals surface area contributed by atoms with E-state index in [4.69, 9.17) is 21.1 Å². The molecule has 1 heterocycles. The van der Waals surface area contributed by atoms with Crippen LogP contribution in [0.5, 0.6) is 11.5 Å². The van der Waals surface area contributed by atoms with Crippen molar-refractivity contribution >= 4 is 17.5 Å². The van der Waals surface area contributed by atoms with Crippen LogP contribution < -0.4 is 14.8 Å². The Hall–Kier alpha value is -1.46. The Morgan fingerprint density at radius 2 is 2.09 bits per heavy atom. The fourth-order valence-corrected chi connectivity index (χ4v) is 2.82. The lowest BCUT2D eigenvalue weighted by atomic mass is 10.0. The van der Waals surface area contributed by atoms with E-state index >= 15 is 0 Å². The molecule has 1 aromatic rings. The summed E-state index contributed by atoms with van der Waals surface area (Å²) < 4.78 is 10.7. The van der Waals surface area contributed by atoms with Gasteiger partial charge in [0.15, 0.2) is 11.5 Å². The highest BCUT2D eigenvalue weighted by Gasteiger charge is 2.21. The first kappa shape index (κ1) is 16.9. The van der Waals surface area contributed by atoms with E-state index < -0.39 is 0 Å². The van der Waals surface area contributed by atoms with E-state index in [1.54, 1.807) is 12.1 Å². The fraction of sp³-hybridized carbons (Fsp3) is 0.562. The molecule has 1 aromatic carbocycles. The SMILES string of the molecule is CCOc1c(Cl)cc(C(=O)NC2CCN(C)CC2)cc1OC. The van der Waals surface area contributed by atoms with Crippen molar-refractivity contribution in [1.29, 1.82) is 0 Å². The summed E-state index contributed by atoms with van der Waals surface area (Å²) in [5.74, 6) is 0.822. The monoisotopic (exact) mass is 326 g/mol. The van der Waals surface area contributed by atoms with Crippen molar-refractivity contribution in [1.82, 2.24) is 10.2 Å². The van der Waals surface area contributed by atoms with Gasteiger partial charge in [-0.2, -0.15) is 0 Å². The minimum atomic E-state index is -0.127. The summed E-state index contributed by atoms with van der Waals surface area (Å²) in [5.41, 5.74) is 0.490. The number of benzene rings is 1. The minimum Gasteiger partial charge on any atom is -0.493 e. The van der Waals surface area contributed by atoms with Gasteiger partial charge in [0.1, 0.15) is 0 Å². The molecule has 0 unspecified atom stereocenters. The zero-order chi connectivity index (χ0) is 16.1. The van der Waals surface area contributed by atoms with Gasteiger partial charge in [-0.25, -0.2) is 0 Å². The average molecular weight is 327 g/mol. The maximum absolute atomic E-state index is 12.4. The predicted molar refractivity (Wildman–Crippen MR) is 87.2 cm³/mol. The molecule has 0 saturated carbocycles. The Morgan fingerprint density at radius 3 is 2.68 bits per heavy atom. The van der Waals surface area contributed by atoms with Crippen LogP contribution in [0.3, 0.4) is 0 Å². The van der Waals surface area contributed by atoms with Gasteiger partial charge in [-0.3, -0.25) is 4.79 Å². The van der Waals surface area contributed by atoms with Crippen LogP contribution in [-0.2, 0) is 0 Å². The number of likely N-dealkylation sites (tertiary alicyclic amines) is 1. The van der Waals surface area contributed by atoms with Crippen molar-refractivity contribution in [2.75, 3.05) is 33.9 Å². The van der Waals surface area contributed by atoms with Crippen LogP contribution in [0.15, 0.2) is 12.1 Å². The summed E-state index contributed by atoms with van der Waals surface area (Å²) in [6, 6.07) is 3.50. The molecule has 0 aliphatic carbocycles. The lowest BCUT2D eigenvalue weighted by Gasteiger charge is -2.29. The number of nitrogens with zero attached hydrogens (tertiary/aromatic N) is 1. The molecule has 1 N–H and O–H groups in total. The number of halogens is 1. The van der Waals surface area contributed by atoms with Crippen LogP contribution in [0, 0.1) is 0 Å². The normalized spacial score (nSPS) is 16.4. The Kier molecular flexibility index (Phi) is 5.91. The molecule has 6 heteroatoms. The second kappa shape index (κ2) is 7.70. The van der Waals surface area contributed by atoms with E-state index in [0.29, 0.717) is 28.7 Å². The molecule has 1 fully saturated rings. The lowest BCUT2D eigenvalue weighted by Crippen LogP contribution is -2.43. The highest BCUT2D eigenvalue weighted by molar-refractivity contribution is 6.32. The fourth-order valence-electron chi connectivity index (χ4n) is 2.56. The number of hydrogen-bond donors (Lipinski definition) is 1. The third-order valence-electron chi connectivity index (χ3n) is 3.83. The van der Waals surface area contributed by atoms with E-state index in [0.717, 1.165) is 25.9 Å². The molecular weight excluding hydrogens is 304 g/mol. The first-order chi connectivity index (χ1) is 10.5. The van der Waals surface area contributed by atoms with Crippen LogP contribution in [0.2, 0.25) is 5.02 Å². The van der Waals surface area contributed by atoms with Crippen LogP contribution in [0.1, 0.15) is 30.1 Å². The summed E-state index contributed by atoms with van der Waals surface area (Å²) in [7, 11) is 3.63. The molecule has 0 bridgehead atoms. The summed E-state index contributed by atoms with van der Waals surface area (Å²) >= 11 is 6.21. The van der Waals surface area contributed by atoms with Gasteiger partial charge in [0.05, 0.1) is 18.7 Å². The van der Waals surface area contributed by atoms with E-state index in [-0.39, 0.29) is 11.9 Å². The first-order valence-electron chi connectivity index (χ1n) is 7.54. The largest absolute Gasteiger partial charge is 0.493 e. The highest BCUT2D eigenvalue weighted by atomic mass is 35.5. The second-order valence-electron chi connectivity index (χ2n) is 5.47. The molecule has 0 atom stereocenters. The maximum Gasteiger partial charge on any atom is 0.251 e. The third-order valence-corrected chi connectivity index (χ3v) is 4.11. The minimum absolute atomic E-state index is 0.127. The summed E-state index contributed by atoms with van der Waals surface area (Å²) in [6.45, 7) is 4.35. The molecular formula is C16H23ClN2O3. The average Bonchev–Trinajstić information content (AvgIpc) is 2.51. The molecule has 122 valence electrons. The number of nitrogens with one attached hydrogen (secondary N) is 1. The lowest BCUT2D eigenvalue weighted by molar-refractivity contribution is 0.0916. The molecule has 0 aromatic heterocycles. The van der Waals surface area contributed by atoms with Crippen molar-refractivity contribution in [2.45, 2.75) is 25.8 Å². The van der Waals surface area contributed by atoms with Gasteiger partial charge in [-0.15, -0.1) is 0 Å². The third kappa shape index (κ3) is 4.05. The number of carbonyl (C=O) groups is 1. The number of piperidine rings is 1. The van der Waals surface area contributed by atoms with Crippen molar-refractivity contribution in [3.05, 3.63) is 22.7 Å². The first-order valence-corrected chi connectivity index (χ1v) is 7.92. The Bertz CT molecular complexity index is 528. The van der Waals surface area contributed by atoms with Gasteiger partial charge >= 0.3 is 0 Å². The highest BCUT2D eigenvalue weighted by Crippen LogP contribution is 2.36. The summed E-state index contributed by atoms with van der Waals surface area (Å²) in [6.07, 6.45) is 1.92. The predicted octanol–water partition coefficient (Wildman–Crippen LogP) is 2.57. The van der Waals surface area contributed by atoms with E-state index in [9.17, 15) is 4.79 Å². The number of amides is 1. The van der Waals surface area contributed by atoms with E-state index in [1.165, 1.54) is 7.11 Å². The molecule has 22 heavy (non-hydrogen) atoms. The van der Waals surface area contributed by atoms with Gasteiger partial charge in [-0.1, -0.05) is 11.6 Å². The number of carbonyl (C=O) groups excluding carboxylic acids is 1. The number of methoxy groups -OCH3 is 1. The zero-order valence-corrected chi connectivity index (χ0v) is 14.1. The van der Waals surface area contributed by atoms with Crippen LogP contribution in [0.25, 0.3) is 0 Å². The maximum atomic E-state index is 12.4. The molecule has 5 nitrogen and oxygen atoms in total. The number of rotatable bonds is 5. The molecule has 1 aliphatic heterocycles. The van der Waals surface area contributed by atoms with Gasteiger partial charge < -0.3 is 19.7 Å². The Morgan fingerprint density at radius 1 is 1.41 bits per heavy atom. The van der Waals surface area contributed by atoms with Crippen molar-refractivity contribution in [3.63, 3.8) is 0 Å². The summed E-state index contributed by atoms with van der Waals surface area (Å²) in [5, 5.41) is 3.45. The van der Waals surface area contributed by atoms with Crippen LogP contribution in [-0.4, -0.2) is 50.7 Å². The quantitative estimate of drug-likeness (QED) is 0.903. The molecule has 1 saturated heterocycles. The van der Waals surface area contributed by atoms with Gasteiger partial charge in [0, 0.05) is 11.6 Å². The van der Waals surface area contributed by atoms with Crippen LogP contribution >= 0.6 is 11.6 Å². The number of ether oxygens (including phenoxy) is 2.